The summed E-state index contributed by atoms with van der Waals surface area (Å²) < 4.78 is 8.02. The molecule has 0 aliphatic carbocycles. The van der Waals surface area contributed by atoms with E-state index in [-0.39, 0.29) is 17.2 Å². The number of hydrogen-bond donors (Lipinski definition) is 1. The van der Waals surface area contributed by atoms with Crippen molar-refractivity contribution >= 4 is 18.0 Å². The first-order valence-electron chi connectivity index (χ1n) is 8.93. The van der Waals surface area contributed by atoms with E-state index in [1.807, 2.05) is 11.9 Å². The molecule has 0 unspecified atom stereocenters. The maximum absolute atomic E-state index is 11.4. The SMILES string of the molecule is CSN1CCC(CC(C)(C)N2CCC3(CC2)CNC(=O)O3)CC1. The Bertz CT molecular complexity index is 428. The first-order chi connectivity index (χ1) is 10.9. The normalized spacial score (nSPS) is 27.2. The van der Waals surface area contributed by atoms with Crippen LogP contribution in [0.5, 0.6) is 0 Å². The monoisotopic (exact) mass is 341 g/mol. The molecule has 0 aromatic heterocycles. The molecule has 0 radical (unpaired) electrons. The summed E-state index contributed by atoms with van der Waals surface area (Å²) in [5.74, 6) is 0.843. The summed E-state index contributed by atoms with van der Waals surface area (Å²) in [5, 5.41) is 2.82. The van der Waals surface area contributed by atoms with Crippen molar-refractivity contribution in [2.75, 3.05) is 39.0 Å². The Labute approximate surface area is 144 Å². The van der Waals surface area contributed by atoms with Gasteiger partial charge in [-0.05, 0) is 45.3 Å². The van der Waals surface area contributed by atoms with E-state index >= 15 is 0 Å². The van der Waals surface area contributed by atoms with Gasteiger partial charge < -0.3 is 10.1 Å². The molecular weight excluding hydrogens is 310 g/mol. The maximum Gasteiger partial charge on any atom is 0.407 e. The Hall–Kier alpha value is -0.460. The number of amides is 1. The molecule has 6 heteroatoms. The van der Waals surface area contributed by atoms with Crippen molar-refractivity contribution in [1.29, 1.82) is 0 Å². The molecule has 0 aromatic rings. The number of piperidine rings is 2. The lowest BCUT2D eigenvalue weighted by molar-refractivity contribution is -0.0318. The van der Waals surface area contributed by atoms with E-state index in [4.69, 9.17) is 4.74 Å². The van der Waals surface area contributed by atoms with E-state index in [0.29, 0.717) is 6.54 Å². The fourth-order valence-electron chi connectivity index (χ4n) is 4.43. The summed E-state index contributed by atoms with van der Waals surface area (Å²) in [6.45, 7) is 10.00. The molecular formula is C17H31N3O2S. The molecule has 0 aromatic carbocycles. The molecule has 3 saturated heterocycles. The highest BCUT2D eigenvalue weighted by atomic mass is 32.2. The van der Waals surface area contributed by atoms with Gasteiger partial charge in [0.05, 0.1) is 6.54 Å². The highest BCUT2D eigenvalue weighted by Crippen LogP contribution is 2.36. The van der Waals surface area contributed by atoms with Crippen LogP contribution >= 0.6 is 11.9 Å². The zero-order valence-corrected chi connectivity index (χ0v) is 15.6. The van der Waals surface area contributed by atoms with Crippen LogP contribution in [0.1, 0.15) is 46.0 Å². The van der Waals surface area contributed by atoms with Gasteiger partial charge in [-0.15, -0.1) is 0 Å². The molecule has 3 fully saturated rings. The lowest BCUT2D eigenvalue weighted by atomic mass is 9.81. The van der Waals surface area contributed by atoms with Crippen LogP contribution in [-0.4, -0.2) is 65.4 Å². The van der Waals surface area contributed by atoms with Crippen LogP contribution in [-0.2, 0) is 4.74 Å². The fraction of sp³-hybridized carbons (Fsp3) is 0.941. The average molecular weight is 342 g/mol. The van der Waals surface area contributed by atoms with E-state index in [2.05, 4.69) is 34.6 Å². The molecule has 3 aliphatic heterocycles. The summed E-state index contributed by atoms with van der Waals surface area (Å²) in [6.07, 6.45) is 7.78. The first-order valence-corrected chi connectivity index (χ1v) is 10.1. The molecule has 0 atom stereocenters. The van der Waals surface area contributed by atoms with Gasteiger partial charge in [-0.3, -0.25) is 9.21 Å². The van der Waals surface area contributed by atoms with Crippen molar-refractivity contribution < 1.29 is 9.53 Å². The summed E-state index contributed by atoms with van der Waals surface area (Å²) in [4.78, 5) is 14.0. The van der Waals surface area contributed by atoms with Gasteiger partial charge in [-0.25, -0.2) is 4.79 Å². The summed E-state index contributed by atoms with van der Waals surface area (Å²) in [6, 6.07) is 0. The Kier molecular flexibility index (Phi) is 5.14. The molecule has 3 rings (SSSR count). The number of carbonyl (C=O) groups is 1. The molecule has 132 valence electrons. The van der Waals surface area contributed by atoms with Crippen LogP contribution in [0.25, 0.3) is 0 Å². The molecule has 23 heavy (non-hydrogen) atoms. The van der Waals surface area contributed by atoms with Crippen molar-refractivity contribution in [2.24, 2.45) is 5.92 Å². The largest absolute Gasteiger partial charge is 0.441 e. The van der Waals surface area contributed by atoms with Gasteiger partial charge in [-0.1, -0.05) is 11.9 Å². The van der Waals surface area contributed by atoms with E-state index in [0.717, 1.165) is 31.8 Å². The molecule has 0 saturated carbocycles. The molecule has 5 nitrogen and oxygen atoms in total. The van der Waals surface area contributed by atoms with E-state index < -0.39 is 0 Å². The lowest BCUT2D eigenvalue weighted by Crippen LogP contribution is -2.54. The van der Waals surface area contributed by atoms with Crippen LogP contribution in [0.4, 0.5) is 4.79 Å². The van der Waals surface area contributed by atoms with Crippen LogP contribution in [0.3, 0.4) is 0 Å². The van der Waals surface area contributed by atoms with Crippen molar-refractivity contribution in [3.05, 3.63) is 0 Å². The zero-order chi connectivity index (χ0) is 16.5. The third-order valence-corrected chi connectivity index (χ3v) is 6.90. The average Bonchev–Trinajstić information content (AvgIpc) is 2.89. The minimum absolute atomic E-state index is 0.229. The third kappa shape index (κ3) is 3.97. The molecule has 1 N–H and O–H groups in total. The van der Waals surface area contributed by atoms with Crippen molar-refractivity contribution in [2.45, 2.75) is 57.1 Å². The second-order valence-electron chi connectivity index (χ2n) is 7.98. The van der Waals surface area contributed by atoms with Gasteiger partial charge in [-0.2, -0.15) is 0 Å². The first kappa shape index (κ1) is 17.4. The van der Waals surface area contributed by atoms with Crippen molar-refractivity contribution in [3.8, 4) is 0 Å². The Balaban J connectivity index is 1.50. The Morgan fingerprint density at radius 1 is 1.26 bits per heavy atom. The topological polar surface area (TPSA) is 44.8 Å². The predicted octanol–water partition coefficient (Wildman–Crippen LogP) is 2.72. The number of hydrogen-bond acceptors (Lipinski definition) is 5. The third-order valence-electron chi connectivity index (χ3n) is 6.01. The van der Waals surface area contributed by atoms with Crippen LogP contribution in [0, 0.1) is 5.92 Å². The van der Waals surface area contributed by atoms with Crippen molar-refractivity contribution in [3.63, 3.8) is 0 Å². The summed E-state index contributed by atoms with van der Waals surface area (Å²) >= 11 is 1.88. The minimum Gasteiger partial charge on any atom is -0.441 e. The standard InChI is InChI=1S/C17H31N3O2S/c1-16(2,12-14-4-8-20(23-3)9-5-14)19-10-6-17(7-11-19)13-18-15(21)22-17/h14H,4-13H2,1-3H3,(H,18,21). The highest BCUT2D eigenvalue weighted by molar-refractivity contribution is 7.96. The predicted molar refractivity (Wildman–Crippen MR) is 94.5 cm³/mol. The number of alkyl carbamates (subject to hydrolysis) is 1. The van der Waals surface area contributed by atoms with Crippen LogP contribution in [0.2, 0.25) is 0 Å². The van der Waals surface area contributed by atoms with E-state index in [9.17, 15) is 4.79 Å². The fourth-order valence-corrected chi connectivity index (χ4v) is 5.01. The Morgan fingerprint density at radius 3 is 2.43 bits per heavy atom. The maximum atomic E-state index is 11.4. The summed E-state index contributed by atoms with van der Waals surface area (Å²) in [5.41, 5.74) is 0.0111. The smallest absolute Gasteiger partial charge is 0.407 e. The second-order valence-corrected chi connectivity index (χ2v) is 8.87. The molecule has 3 aliphatic rings. The van der Waals surface area contributed by atoms with Crippen LogP contribution < -0.4 is 5.32 Å². The number of nitrogens with zero attached hydrogens (tertiary/aromatic N) is 2. The minimum atomic E-state index is -0.238. The number of nitrogens with one attached hydrogen (secondary N) is 1. The van der Waals surface area contributed by atoms with Gasteiger partial charge in [0.2, 0.25) is 0 Å². The number of ether oxygens (including phenoxy) is 1. The molecule has 3 heterocycles. The number of carbonyl (C=O) groups excluding carboxylic acids is 1. The number of likely N-dealkylation sites (tertiary alicyclic amines) is 1. The van der Waals surface area contributed by atoms with Gasteiger partial charge in [0, 0.05) is 44.6 Å². The van der Waals surface area contributed by atoms with Gasteiger partial charge >= 0.3 is 6.09 Å². The highest BCUT2D eigenvalue weighted by Gasteiger charge is 2.45. The number of rotatable bonds is 4. The van der Waals surface area contributed by atoms with Gasteiger partial charge in [0.25, 0.3) is 0 Å². The second kappa shape index (κ2) is 6.81. The summed E-state index contributed by atoms with van der Waals surface area (Å²) in [7, 11) is 0. The van der Waals surface area contributed by atoms with E-state index in [1.165, 1.54) is 32.4 Å². The van der Waals surface area contributed by atoms with Crippen molar-refractivity contribution in [1.82, 2.24) is 14.5 Å². The zero-order valence-electron chi connectivity index (χ0n) is 14.8. The van der Waals surface area contributed by atoms with Crippen LogP contribution in [0.15, 0.2) is 0 Å². The van der Waals surface area contributed by atoms with Gasteiger partial charge in [0.15, 0.2) is 0 Å². The quantitative estimate of drug-likeness (QED) is 0.797. The molecule has 1 spiro atoms. The molecule has 0 bridgehead atoms. The van der Waals surface area contributed by atoms with E-state index in [1.54, 1.807) is 0 Å². The Morgan fingerprint density at radius 2 is 1.91 bits per heavy atom. The molecule has 1 amide bonds. The lowest BCUT2D eigenvalue weighted by Gasteiger charge is -2.47. The van der Waals surface area contributed by atoms with Gasteiger partial charge in [0.1, 0.15) is 5.60 Å².